The van der Waals surface area contributed by atoms with Crippen molar-refractivity contribution in [3.8, 4) is 5.95 Å². The van der Waals surface area contributed by atoms with E-state index in [1.54, 1.807) is 24.7 Å². The minimum Gasteiger partial charge on any atom is -0.350 e. The molecule has 0 atom stereocenters. The van der Waals surface area contributed by atoms with Gasteiger partial charge in [0.15, 0.2) is 0 Å². The molecule has 0 aliphatic heterocycles. The minimum absolute atomic E-state index is 0.142. The Balaban J connectivity index is 1.44. The molecule has 0 saturated heterocycles. The summed E-state index contributed by atoms with van der Waals surface area (Å²) in [6.07, 6.45) is 8.38. The van der Waals surface area contributed by atoms with Crippen LogP contribution in [0.2, 0.25) is 0 Å². The van der Waals surface area contributed by atoms with E-state index in [4.69, 9.17) is 0 Å². The zero-order valence-corrected chi connectivity index (χ0v) is 18.2. The van der Waals surface area contributed by atoms with Crippen molar-refractivity contribution >= 4 is 27.8 Å². The van der Waals surface area contributed by atoms with E-state index < -0.39 is 0 Å². The second kappa shape index (κ2) is 8.16. The molecule has 7 heteroatoms. The van der Waals surface area contributed by atoms with Gasteiger partial charge in [0, 0.05) is 49.2 Å². The van der Waals surface area contributed by atoms with Crippen LogP contribution in [0.25, 0.3) is 27.9 Å². The van der Waals surface area contributed by atoms with Crippen molar-refractivity contribution < 1.29 is 4.79 Å². The molecule has 1 amide bonds. The second-order valence-electron chi connectivity index (χ2n) is 8.55. The van der Waals surface area contributed by atoms with Crippen LogP contribution >= 0.6 is 0 Å². The van der Waals surface area contributed by atoms with Crippen molar-refractivity contribution in [2.75, 3.05) is 6.54 Å². The van der Waals surface area contributed by atoms with Gasteiger partial charge in [-0.15, -0.1) is 0 Å². The number of fused-ring (bicyclic) bond motifs is 3. The maximum absolute atomic E-state index is 13.4. The lowest BCUT2D eigenvalue weighted by atomic mass is 10.2. The van der Waals surface area contributed by atoms with Crippen LogP contribution in [0.4, 0.5) is 0 Å². The van der Waals surface area contributed by atoms with Gasteiger partial charge in [0.1, 0.15) is 5.69 Å². The topological polar surface area (TPSA) is 77.6 Å². The summed E-state index contributed by atoms with van der Waals surface area (Å²) in [6, 6.07) is 18.0. The Kier molecular flexibility index (Phi) is 4.87. The molecule has 33 heavy (non-hydrogen) atoms. The summed E-state index contributed by atoms with van der Waals surface area (Å²) in [5.41, 5.74) is 4.70. The van der Waals surface area contributed by atoms with Gasteiger partial charge in [0.05, 0.1) is 16.6 Å². The van der Waals surface area contributed by atoms with Crippen LogP contribution in [0.5, 0.6) is 0 Å². The molecule has 7 nitrogen and oxygen atoms in total. The first-order valence-electron chi connectivity index (χ1n) is 11.4. The van der Waals surface area contributed by atoms with Crippen molar-refractivity contribution in [3.63, 3.8) is 0 Å². The van der Waals surface area contributed by atoms with Crippen LogP contribution in [0, 0.1) is 5.92 Å². The lowest BCUT2D eigenvalue weighted by Crippen LogP contribution is -2.28. The lowest BCUT2D eigenvalue weighted by Gasteiger charge is -2.10. The molecule has 1 aliphatic rings. The Hall–Kier alpha value is -4.00. The molecule has 0 radical (unpaired) electrons. The zero-order valence-electron chi connectivity index (χ0n) is 18.2. The van der Waals surface area contributed by atoms with Crippen molar-refractivity contribution in [2.24, 2.45) is 5.92 Å². The smallest absolute Gasteiger partial charge is 0.268 e. The van der Waals surface area contributed by atoms with E-state index in [0.29, 0.717) is 30.5 Å². The van der Waals surface area contributed by atoms with E-state index in [-0.39, 0.29) is 5.91 Å². The summed E-state index contributed by atoms with van der Waals surface area (Å²) < 4.78 is 4.25. The average molecular weight is 437 g/mol. The molecular formula is C26H24N6O. The molecule has 4 aromatic heterocycles. The first-order chi connectivity index (χ1) is 16.3. The lowest BCUT2D eigenvalue weighted by molar-refractivity contribution is 0.0947. The predicted octanol–water partition coefficient (Wildman–Crippen LogP) is 4.15. The number of nitrogens with one attached hydrogen (secondary N) is 1. The molecule has 0 bridgehead atoms. The summed E-state index contributed by atoms with van der Waals surface area (Å²) >= 11 is 0. The fourth-order valence-corrected chi connectivity index (χ4v) is 4.48. The molecule has 1 fully saturated rings. The predicted molar refractivity (Wildman–Crippen MR) is 127 cm³/mol. The first kappa shape index (κ1) is 19.7. The highest BCUT2D eigenvalue weighted by Crippen LogP contribution is 2.37. The fraction of sp³-hybridized carbons (Fsp3) is 0.231. The summed E-state index contributed by atoms with van der Waals surface area (Å²) in [4.78, 5) is 26.7. The van der Waals surface area contributed by atoms with Gasteiger partial charge in [-0.05, 0) is 49.1 Å². The molecule has 164 valence electrons. The van der Waals surface area contributed by atoms with Gasteiger partial charge in [-0.3, -0.25) is 14.3 Å². The Labute approximate surface area is 191 Å². The van der Waals surface area contributed by atoms with E-state index in [2.05, 4.69) is 43.0 Å². The highest BCUT2D eigenvalue weighted by molar-refractivity contribution is 6.10. The maximum Gasteiger partial charge on any atom is 0.268 e. The highest BCUT2D eigenvalue weighted by Gasteiger charge is 2.27. The normalized spacial score (nSPS) is 13.6. The molecule has 4 heterocycles. The molecule has 1 aliphatic carbocycles. The Bertz CT molecular complexity index is 1430. The summed E-state index contributed by atoms with van der Waals surface area (Å²) in [5, 5.41) is 4.17. The van der Waals surface area contributed by atoms with Gasteiger partial charge < -0.3 is 9.88 Å². The van der Waals surface area contributed by atoms with Crippen LogP contribution in [-0.2, 0) is 13.0 Å². The summed E-state index contributed by atoms with van der Waals surface area (Å²) in [7, 11) is 0. The number of rotatable bonds is 7. The third kappa shape index (κ3) is 3.65. The average Bonchev–Trinajstić information content (AvgIpc) is 3.52. The number of carbonyl (C=O) groups is 1. The quantitative estimate of drug-likeness (QED) is 0.416. The fourth-order valence-electron chi connectivity index (χ4n) is 4.48. The number of benzene rings is 1. The SMILES string of the molecule is O=C(NCCc1ccccn1)c1cc2c(c3ccccc3n2CC2CC2)n1-c1ncccn1. The third-order valence-electron chi connectivity index (χ3n) is 6.24. The number of nitrogens with zero attached hydrogens (tertiary/aromatic N) is 5. The molecule has 0 spiro atoms. The minimum atomic E-state index is -0.142. The van der Waals surface area contributed by atoms with Crippen LogP contribution in [0.3, 0.4) is 0 Å². The number of para-hydroxylation sites is 1. The number of carbonyl (C=O) groups excluding carboxylic acids is 1. The van der Waals surface area contributed by atoms with Crippen LogP contribution < -0.4 is 5.32 Å². The first-order valence-corrected chi connectivity index (χ1v) is 11.4. The molecule has 0 unspecified atom stereocenters. The van der Waals surface area contributed by atoms with Crippen molar-refractivity contribution in [1.82, 2.24) is 29.4 Å². The summed E-state index contributed by atoms with van der Waals surface area (Å²) in [5.74, 6) is 1.06. The van der Waals surface area contributed by atoms with Gasteiger partial charge in [-0.2, -0.15) is 0 Å². The van der Waals surface area contributed by atoms with Crippen LogP contribution in [0.15, 0.2) is 73.2 Å². The Morgan fingerprint density at radius 2 is 1.73 bits per heavy atom. The number of aromatic nitrogens is 5. The van der Waals surface area contributed by atoms with Crippen molar-refractivity contribution in [3.05, 3.63) is 84.6 Å². The number of pyridine rings is 1. The van der Waals surface area contributed by atoms with Crippen LogP contribution in [0.1, 0.15) is 29.0 Å². The van der Waals surface area contributed by atoms with E-state index in [1.165, 1.54) is 18.4 Å². The molecule has 5 aromatic rings. The Morgan fingerprint density at radius 3 is 2.52 bits per heavy atom. The third-order valence-corrected chi connectivity index (χ3v) is 6.24. The molecule has 6 rings (SSSR count). The molecule has 1 saturated carbocycles. The van der Waals surface area contributed by atoms with Gasteiger partial charge in [-0.25, -0.2) is 9.97 Å². The molecular weight excluding hydrogens is 412 g/mol. The largest absolute Gasteiger partial charge is 0.350 e. The zero-order chi connectivity index (χ0) is 22.2. The van der Waals surface area contributed by atoms with Crippen LogP contribution in [-0.4, -0.2) is 36.5 Å². The van der Waals surface area contributed by atoms with Gasteiger partial charge in [0.2, 0.25) is 5.95 Å². The number of amides is 1. The number of hydrogen-bond donors (Lipinski definition) is 1. The van der Waals surface area contributed by atoms with E-state index in [1.807, 2.05) is 34.9 Å². The van der Waals surface area contributed by atoms with Crippen molar-refractivity contribution in [1.29, 1.82) is 0 Å². The van der Waals surface area contributed by atoms with E-state index in [9.17, 15) is 4.79 Å². The maximum atomic E-state index is 13.4. The standard InChI is InChI=1S/C26H24N6O/c33-25(28-15-11-19-6-3-4-12-27-19)23-16-22-24(32(23)26-29-13-5-14-30-26)20-7-1-2-8-21(20)31(22)17-18-9-10-18/h1-8,12-14,16,18H,9-11,15,17H2,(H,28,33). The molecule has 1 N–H and O–H groups in total. The number of hydrogen-bond acceptors (Lipinski definition) is 4. The second-order valence-corrected chi connectivity index (χ2v) is 8.55. The summed E-state index contributed by atoms with van der Waals surface area (Å²) in [6.45, 7) is 1.47. The van der Waals surface area contributed by atoms with E-state index >= 15 is 0 Å². The highest BCUT2D eigenvalue weighted by atomic mass is 16.1. The monoisotopic (exact) mass is 436 g/mol. The Morgan fingerprint density at radius 1 is 0.939 bits per heavy atom. The van der Waals surface area contributed by atoms with Gasteiger partial charge in [-0.1, -0.05) is 24.3 Å². The van der Waals surface area contributed by atoms with Crippen molar-refractivity contribution in [2.45, 2.75) is 25.8 Å². The van der Waals surface area contributed by atoms with Gasteiger partial charge in [0.25, 0.3) is 5.91 Å². The molecule has 1 aromatic carbocycles. The van der Waals surface area contributed by atoms with Gasteiger partial charge >= 0.3 is 0 Å². The van der Waals surface area contributed by atoms with E-state index in [0.717, 1.165) is 28.7 Å².